The number of hydrogen-bond donors (Lipinski definition) is 0. The monoisotopic (exact) mass is 449 g/mol. The van der Waals surface area contributed by atoms with Crippen LogP contribution in [-0.2, 0) is 6.54 Å². The molecule has 1 fully saturated rings. The highest BCUT2D eigenvalue weighted by Crippen LogP contribution is 2.33. The van der Waals surface area contributed by atoms with E-state index in [1.807, 2.05) is 36.4 Å². The lowest BCUT2D eigenvalue weighted by molar-refractivity contribution is 0.101. The van der Waals surface area contributed by atoms with Crippen LogP contribution in [0.5, 0.6) is 0 Å². The van der Waals surface area contributed by atoms with Gasteiger partial charge in [-0.2, -0.15) is 0 Å². The molecule has 0 atom stereocenters. The molecule has 3 aromatic carbocycles. The molecule has 4 rings (SSSR count). The second kappa shape index (κ2) is 9.82. The van der Waals surface area contributed by atoms with Gasteiger partial charge in [0.1, 0.15) is 0 Å². The second-order valence-corrected chi connectivity index (χ2v) is 8.83. The Morgan fingerprint density at radius 1 is 0.839 bits per heavy atom. The third kappa shape index (κ3) is 5.27. The van der Waals surface area contributed by atoms with Gasteiger partial charge in [0.15, 0.2) is 5.78 Å². The van der Waals surface area contributed by atoms with Crippen molar-refractivity contribution in [2.45, 2.75) is 26.3 Å². The molecular weight excluding hydrogens is 425 g/mol. The fourth-order valence-electron chi connectivity index (χ4n) is 4.17. The van der Waals surface area contributed by atoms with Crippen molar-refractivity contribution in [3.8, 4) is 0 Å². The normalized spacial score (nSPS) is 14.5. The molecule has 0 bridgehead atoms. The van der Waals surface area contributed by atoms with Crippen molar-refractivity contribution >= 4 is 34.6 Å². The van der Waals surface area contributed by atoms with Crippen LogP contribution in [0.15, 0.2) is 78.4 Å². The van der Waals surface area contributed by atoms with Crippen molar-refractivity contribution in [3.05, 3.63) is 111 Å². The van der Waals surface area contributed by atoms with Gasteiger partial charge >= 0.3 is 0 Å². The topological polar surface area (TPSA) is 20.3 Å². The lowest BCUT2D eigenvalue weighted by atomic mass is 9.88. The fourth-order valence-corrected chi connectivity index (χ4v) is 4.64. The number of halogens is 2. The van der Waals surface area contributed by atoms with Gasteiger partial charge in [-0.15, -0.1) is 0 Å². The van der Waals surface area contributed by atoms with E-state index in [0.717, 1.165) is 48.6 Å². The number of carbonyl (C=O) groups excluding carboxylic acids is 1. The highest BCUT2D eigenvalue weighted by molar-refractivity contribution is 6.35. The van der Waals surface area contributed by atoms with Crippen molar-refractivity contribution in [2.24, 2.45) is 0 Å². The molecule has 0 saturated carbocycles. The molecule has 158 valence electrons. The predicted molar refractivity (Wildman–Crippen MR) is 130 cm³/mol. The van der Waals surface area contributed by atoms with Crippen molar-refractivity contribution in [1.82, 2.24) is 4.90 Å². The van der Waals surface area contributed by atoms with Crippen LogP contribution in [0.4, 0.5) is 0 Å². The van der Waals surface area contributed by atoms with Crippen molar-refractivity contribution in [3.63, 3.8) is 0 Å². The molecule has 0 aromatic heterocycles. The fraction of sp³-hybridized carbons (Fsp3) is 0.222. The Balaban J connectivity index is 1.58. The first-order valence-corrected chi connectivity index (χ1v) is 11.3. The smallest absolute Gasteiger partial charge is 0.159 e. The Morgan fingerprint density at radius 3 is 2.06 bits per heavy atom. The van der Waals surface area contributed by atoms with Gasteiger partial charge < -0.3 is 0 Å². The first-order valence-electron chi connectivity index (χ1n) is 10.6. The zero-order valence-electron chi connectivity index (χ0n) is 17.6. The van der Waals surface area contributed by atoms with Crippen molar-refractivity contribution in [1.29, 1.82) is 0 Å². The molecule has 1 aliphatic heterocycles. The number of ketones is 1. The molecular formula is C27H25Cl2NO. The Hall–Kier alpha value is -2.39. The summed E-state index contributed by atoms with van der Waals surface area (Å²) >= 11 is 12.4. The number of hydrogen-bond acceptors (Lipinski definition) is 2. The van der Waals surface area contributed by atoms with Crippen molar-refractivity contribution in [2.75, 3.05) is 13.1 Å². The van der Waals surface area contributed by atoms with Gasteiger partial charge in [-0.25, -0.2) is 0 Å². The number of carbonyl (C=O) groups is 1. The summed E-state index contributed by atoms with van der Waals surface area (Å²) < 4.78 is 0. The van der Waals surface area contributed by atoms with E-state index in [0.29, 0.717) is 5.02 Å². The van der Waals surface area contributed by atoms with E-state index in [-0.39, 0.29) is 5.78 Å². The number of benzene rings is 3. The lowest BCUT2D eigenvalue weighted by Crippen LogP contribution is -2.30. The summed E-state index contributed by atoms with van der Waals surface area (Å²) in [6, 6.07) is 24.3. The van der Waals surface area contributed by atoms with Crippen LogP contribution in [0.2, 0.25) is 10.0 Å². The third-order valence-corrected chi connectivity index (χ3v) is 6.45. The maximum absolute atomic E-state index is 11.7. The number of piperidine rings is 1. The highest BCUT2D eigenvalue weighted by Gasteiger charge is 2.20. The van der Waals surface area contributed by atoms with E-state index < -0.39 is 0 Å². The highest BCUT2D eigenvalue weighted by atomic mass is 35.5. The first-order chi connectivity index (χ1) is 15.0. The molecule has 0 N–H and O–H groups in total. The van der Waals surface area contributed by atoms with E-state index in [1.54, 1.807) is 6.92 Å². The summed E-state index contributed by atoms with van der Waals surface area (Å²) in [6.45, 7) is 4.40. The standard InChI is InChI=1S/C27H25Cl2NO/c1-19(31)20-7-9-22(10-8-20)27(21-5-3-2-4-6-21)23-13-15-30(16-14-23)18-24-11-12-25(28)17-26(24)29/h2-12,17H,13-16,18H2,1H3. The van der Waals surface area contributed by atoms with E-state index in [2.05, 4.69) is 41.3 Å². The average Bonchev–Trinajstić information content (AvgIpc) is 2.78. The molecule has 0 spiro atoms. The molecule has 1 saturated heterocycles. The predicted octanol–water partition coefficient (Wildman–Crippen LogP) is 7.29. The summed E-state index contributed by atoms with van der Waals surface area (Å²) in [6.07, 6.45) is 2.01. The quantitative estimate of drug-likeness (QED) is 0.381. The summed E-state index contributed by atoms with van der Waals surface area (Å²) in [5, 5.41) is 1.39. The van der Waals surface area contributed by atoms with Crippen LogP contribution >= 0.6 is 23.2 Å². The SMILES string of the molecule is CC(=O)c1ccc(C(=C2CCN(Cc3ccc(Cl)cc3Cl)CC2)c2ccccc2)cc1. The van der Waals surface area contributed by atoms with Gasteiger partial charge in [-0.05, 0) is 54.2 Å². The summed E-state index contributed by atoms with van der Waals surface area (Å²) in [7, 11) is 0. The summed E-state index contributed by atoms with van der Waals surface area (Å²) in [4.78, 5) is 14.1. The maximum Gasteiger partial charge on any atom is 0.159 e. The Labute approximate surface area is 194 Å². The zero-order valence-corrected chi connectivity index (χ0v) is 19.1. The second-order valence-electron chi connectivity index (χ2n) is 7.99. The van der Waals surface area contributed by atoms with Crippen LogP contribution in [0.3, 0.4) is 0 Å². The molecule has 1 aliphatic rings. The summed E-state index contributed by atoms with van der Waals surface area (Å²) in [5.74, 6) is 0.0923. The molecule has 0 unspecified atom stereocenters. The van der Waals surface area contributed by atoms with Gasteiger partial charge in [0.05, 0.1) is 0 Å². The number of Topliss-reactive ketones (excluding diaryl/α,β-unsaturated/α-hetero) is 1. The van der Waals surface area contributed by atoms with Crippen LogP contribution in [0.1, 0.15) is 46.8 Å². The lowest BCUT2D eigenvalue weighted by Gasteiger charge is -2.30. The minimum absolute atomic E-state index is 0.0923. The minimum Gasteiger partial charge on any atom is -0.298 e. The van der Waals surface area contributed by atoms with Crippen LogP contribution < -0.4 is 0 Å². The summed E-state index contributed by atoms with van der Waals surface area (Å²) in [5.41, 5.74) is 7.00. The molecule has 2 nitrogen and oxygen atoms in total. The molecule has 0 amide bonds. The Kier molecular flexibility index (Phi) is 6.92. The molecule has 0 radical (unpaired) electrons. The zero-order chi connectivity index (χ0) is 21.8. The maximum atomic E-state index is 11.7. The Morgan fingerprint density at radius 2 is 1.45 bits per heavy atom. The van der Waals surface area contributed by atoms with Crippen LogP contribution in [-0.4, -0.2) is 23.8 Å². The van der Waals surface area contributed by atoms with Crippen LogP contribution in [0, 0.1) is 0 Å². The van der Waals surface area contributed by atoms with Gasteiger partial charge in [-0.3, -0.25) is 9.69 Å². The molecule has 0 aliphatic carbocycles. The van der Waals surface area contributed by atoms with E-state index in [1.165, 1.54) is 22.3 Å². The average molecular weight is 450 g/mol. The Bertz CT molecular complexity index is 1090. The molecule has 31 heavy (non-hydrogen) atoms. The molecule has 3 aromatic rings. The molecule has 4 heteroatoms. The number of likely N-dealkylation sites (tertiary alicyclic amines) is 1. The first kappa shape index (κ1) is 21.8. The van der Waals surface area contributed by atoms with E-state index in [9.17, 15) is 4.79 Å². The van der Waals surface area contributed by atoms with Crippen LogP contribution in [0.25, 0.3) is 5.57 Å². The number of nitrogens with zero attached hydrogens (tertiary/aromatic N) is 1. The molecule has 1 heterocycles. The number of rotatable bonds is 5. The van der Waals surface area contributed by atoms with Gasteiger partial charge in [0.25, 0.3) is 0 Å². The van der Waals surface area contributed by atoms with E-state index in [4.69, 9.17) is 23.2 Å². The van der Waals surface area contributed by atoms with Gasteiger partial charge in [-0.1, -0.05) is 89.4 Å². The minimum atomic E-state index is 0.0923. The van der Waals surface area contributed by atoms with Gasteiger partial charge in [0.2, 0.25) is 0 Å². The van der Waals surface area contributed by atoms with Gasteiger partial charge in [0, 0.05) is 35.2 Å². The van der Waals surface area contributed by atoms with E-state index >= 15 is 0 Å². The third-order valence-electron chi connectivity index (χ3n) is 5.86. The van der Waals surface area contributed by atoms with Crippen molar-refractivity contribution < 1.29 is 4.79 Å². The largest absolute Gasteiger partial charge is 0.298 e.